The van der Waals surface area contributed by atoms with E-state index in [1.807, 2.05) is 86.6 Å². The summed E-state index contributed by atoms with van der Waals surface area (Å²) >= 11 is 0. The van der Waals surface area contributed by atoms with E-state index in [2.05, 4.69) is 0 Å². The number of rotatable bonds is 8. The average molecular weight is 376 g/mol. The minimum absolute atomic E-state index is 0.173. The molecule has 0 radical (unpaired) electrons. The molecule has 3 aromatic carbocycles. The van der Waals surface area contributed by atoms with E-state index in [9.17, 15) is 4.79 Å². The minimum atomic E-state index is -0.173. The van der Waals surface area contributed by atoms with Crippen molar-refractivity contribution in [3.63, 3.8) is 0 Å². The van der Waals surface area contributed by atoms with E-state index < -0.39 is 0 Å². The third kappa shape index (κ3) is 5.88. The molecular formula is C24H24O4. The van der Waals surface area contributed by atoms with Gasteiger partial charge >= 0.3 is 5.97 Å². The van der Waals surface area contributed by atoms with Crippen LogP contribution in [0, 0.1) is 6.92 Å². The predicted molar refractivity (Wildman–Crippen MR) is 109 cm³/mol. The Morgan fingerprint density at radius 3 is 1.93 bits per heavy atom. The van der Waals surface area contributed by atoms with E-state index in [4.69, 9.17) is 14.2 Å². The SMILES string of the molecule is CCOC(=O)CCc1ccc(Oc2cccc(Oc3ccc(C)cc3)c2)cc1. The molecule has 0 saturated heterocycles. The maximum absolute atomic E-state index is 11.4. The molecule has 3 rings (SSSR count). The Hall–Kier alpha value is -3.27. The van der Waals surface area contributed by atoms with E-state index in [0.29, 0.717) is 30.9 Å². The topological polar surface area (TPSA) is 44.8 Å². The summed E-state index contributed by atoms with van der Waals surface area (Å²) in [5.41, 5.74) is 2.26. The summed E-state index contributed by atoms with van der Waals surface area (Å²) in [5.74, 6) is 2.76. The van der Waals surface area contributed by atoms with Gasteiger partial charge in [-0.15, -0.1) is 0 Å². The Balaban J connectivity index is 1.59. The molecule has 28 heavy (non-hydrogen) atoms. The van der Waals surface area contributed by atoms with Crippen LogP contribution in [0.4, 0.5) is 0 Å². The van der Waals surface area contributed by atoms with Crippen LogP contribution in [0.25, 0.3) is 0 Å². The van der Waals surface area contributed by atoms with Crippen LogP contribution in [-0.2, 0) is 16.0 Å². The number of aryl methyl sites for hydroxylation is 2. The summed E-state index contributed by atoms with van der Waals surface area (Å²) < 4.78 is 16.8. The van der Waals surface area contributed by atoms with Crippen molar-refractivity contribution in [1.29, 1.82) is 0 Å². The molecule has 0 aromatic heterocycles. The van der Waals surface area contributed by atoms with Crippen molar-refractivity contribution < 1.29 is 19.0 Å². The third-order valence-corrected chi connectivity index (χ3v) is 4.14. The largest absolute Gasteiger partial charge is 0.466 e. The van der Waals surface area contributed by atoms with E-state index >= 15 is 0 Å². The van der Waals surface area contributed by atoms with Crippen molar-refractivity contribution in [2.24, 2.45) is 0 Å². The van der Waals surface area contributed by atoms with Crippen LogP contribution in [0.1, 0.15) is 24.5 Å². The molecular weight excluding hydrogens is 352 g/mol. The third-order valence-electron chi connectivity index (χ3n) is 4.14. The molecule has 4 nitrogen and oxygen atoms in total. The molecule has 0 bridgehead atoms. The lowest BCUT2D eigenvalue weighted by Gasteiger charge is -2.10. The Bertz CT molecular complexity index is 899. The number of benzene rings is 3. The van der Waals surface area contributed by atoms with E-state index in [1.54, 1.807) is 0 Å². The second-order valence-corrected chi connectivity index (χ2v) is 6.44. The Labute approximate surface area is 165 Å². The van der Waals surface area contributed by atoms with Gasteiger partial charge in [-0.25, -0.2) is 0 Å². The lowest BCUT2D eigenvalue weighted by molar-refractivity contribution is -0.143. The summed E-state index contributed by atoms with van der Waals surface area (Å²) in [7, 11) is 0. The molecule has 0 aliphatic carbocycles. The molecule has 0 fully saturated rings. The quantitative estimate of drug-likeness (QED) is 0.447. The molecule has 3 aromatic rings. The molecule has 4 heteroatoms. The van der Waals surface area contributed by atoms with Crippen LogP contribution in [0.5, 0.6) is 23.0 Å². The normalized spacial score (nSPS) is 10.4. The van der Waals surface area contributed by atoms with Crippen molar-refractivity contribution in [2.75, 3.05) is 6.61 Å². The summed E-state index contributed by atoms with van der Waals surface area (Å²) in [4.78, 5) is 11.4. The molecule has 0 N–H and O–H groups in total. The number of esters is 1. The molecule has 0 heterocycles. The fourth-order valence-corrected chi connectivity index (χ4v) is 2.68. The van der Waals surface area contributed by atoms with Crippen LogP contribution < -0.4 is 9.47 Å². The van der Waals surface area contributed by atoms with E-state index in [1.165, 1.54) is 5.56 Å². The van der Waals surface area contributed by atoms with Crippen LogP contribution in [0.15, 0.2) is 72.8 Å². The van der Waals surface area contributed by atoms with E-state index in [0.717, 1.165) is 17.1 Å². The van der Waals surface area contributed by atoms with Gasteiger partial charge in [0.1, 0.15) is 23.0 Å². The van der Waals surface area contributed by atoms with Gasteiger partial charge in [0.05, 0.1) is 6.61 Å². The highest BCUT2D eigenvalue weighted by Gasteiger charge is 2.05. The molecule has 144 valence electrons. The molecule has 0 aliphatic rings. The van der Waals surface area contributed by atoms with Crippen molar-refractivity contribution in [1.82, 2.24) is 0 Å². The predicted octanol–water partition coefficient (Wildman–Crippen LogP) is 6.08. The monoisotopic (exact) mass is 376 g/mol. The summed E-state index contributed by atoms with van der Waals surface area (Å²) in [6, 6.07) is 23.2. The van der Waals surface area contributed by atoms with Crippen LogP contribution in [0.3, 0.4) is 0 Å². The highest BCUT2D eigenvalue weighted by molar-refractivity contribution is 5.69. The molecule has 0 spiro atoms. The lowest BCUT2D eigenvalue weighted by Crippen LogP contribution is -2.05. The number of carbonyl (C=O) groups is 1. The Kier molecular flexibility index (Phi) is 6.68. The van der Waals surface area contributed by atoms with Gasteiger partial charge in [-0.05, 0) is 62.2 Å². The Morgan fingerprint density at radius 1 is 0.786 bits per heavy atom. The van der Waals surface area contributed by atoms with Gasteiger partial charge in [-0.1, -0.05) is 35.9 Å². The average Bonchev–Trinajstić information content (AvgIpc) is 2.70. The second kappa shape index (κ2) is 9.60. The first kappa shape index (κ1) is 19.5. The summed E-state index contributed by atoms with van der Waals surface area (Å²) in [6.07, 6.45) is 1.03. The maximum Gasteiger partial charge on any atom is 0.306 e. The van der Waals surface area contributed by atoms with Crippen LogP contribution >= 0.6 is 0 Å². The first-order valence-electron chi connectivity index (χ1n) is 9.39. The fourth-order valence-electron chi connectivity index (χ4n) is 2.68. The first-order chi connectivity index (χ1) is 13.6. The molecule has 0 atom stereocenters. The van der Waals surface area contributed by atoms with Crippen molar-refractivity contribution >= 4 is 5.97 Å². The first-order valence-corrected chi connectivity index (χ1v) is 9.39. The molecule has 0 amide bonds. The smallest absolute Gasteiger partial charge is 0.306 e. The van der Waals surface area contributed by atoms with Gasteiger partial charge in [0.2, 0.25) is 0 Å². The van der Waals surface area contributed by atoms with Gasteiger partial charge in [-0.3, -0.25) is 4.79 Å². The molecule has 0 saturated carbocycles. The van der Waals surface area contributed by atoms with Crippen LogP contribution in [0.2, 0.25) is 0 Å². The lowest BCUT2D eigenvalue weighted by atomic mass is 10.1. The van der Waals surface area contributed by atoms with Gasteiger partial charge in [0, 0.05) is 12.5 Å². The zero-order valence-corrected chi connectivity index (χ0v) is 16.2. The molecule has 0 aliphatic heterocycles. The number of carbonyl (C=O) groups excluding carboxylic acids is 1. The number of hydrogen-bond donors (Lipinski definition) is 0. The standard InChI is InChI=1S/C24H24O4/c1-3-26-24(25)16-11-19-9-14-21(15-10-19)28-23-6-4-5-22(17-23)27-20-12-7-18(2)8-13-20/h4-10,12-15,17H,3,11,16H2,1-2H3. The second-order valence-electron chi connectivity index (χ2n) is 6.44. The van der Waals surface area contributed by atoms with E-state index in [-0.39, 0.29) is 5.97 Å². The number of ether oxygens (including phenoxy) is 3. The van der Waals surface area contributed by atoms with Gasteiger partial charge in [-0.2, -0.15) is 0 Å². The van der Waals surface area contributed by atoms with Gasteiger partial charge in [0.25, 0.3) is 0 Å². The van der Waals surface area contributed by atoms with Crippen molar-refractivity contribution in [3.05, 3.63) is 83.9 Å². The van der Waals surface area contributed by atoms with Gasteiger partial charge < -0.3 is 14.2 Å². The highest BCUT2D eigenvalue weighted by Crippen LogP contribution is 2.28. The zero-order valence-electron chi connectivity index (χ0n) is 16.2. The van der Waals surface area contributed by atoms with Crippen LogP contribution in [-0.4, -0.2) is 12.6 Å². The van der Waals surface area contributed by atoms with Gasteiger partial charge in [0.15, 0.2) is 0 Å². The minimum Gasteiger partial charge on any atom is -0.466 e. The number of hydrogen-bond acceptors (Lipinski definition) is 4. The zero-order chi connectivity index (χ0) is 19.8. The highest BCUT2D eigenvalue weighted by atomic mass is 16.5. The summed E-state index contributed by atoms with van der Waals surface area (Å²) in [6.45, 7) is 4.27. The fraction of sp³-hybridized carbons (Fsp3) is 0.208. The van der Waals surface area contributed by atoms with Crippen molar-refractivity contribution in [2.45, 2.75) is 26.7 Å². The maximum atomic E-state index is 11.4. The Morgan fingerprint density at radius 2 is 1.36 bits per heavy atom. The van der Waals surface area contributed by atoms with Crippen molar-refractivity contribution in [3.8, 4) is 23.0 Å². The molecule has 0 unspecified atom stereocenters. The summed E-state index contributed by atoms with van der Waals surface area (Å²) in [5, 5.41) is 0.